The monoisotopic (exact) mass is 320 g/mol. The van der Waals surface area contributed by atoms with Crippen LogP contribution in [-0.4, -0.2) is 47.8 Å². The summed E-state index contributed by atoms with van der Waals surface area (Å²) in [7, 11) is 0. The molecule has 22 heavy (non-hydrogen) atoms. The van der Waals surface area contributed by atoms with E-state index in [1.807, 2.05) is 41.2 Å². The van der Waals surface area contributed by atoms with Gasteiger partial charge < -0.3 is 9.80 Å². The first-order chi connectivity index (χ1) is 10.5. The maximum atomic E-state index is 12.6. The molecule has 2 amide bonds. The largest absolute Gasteiger partial charge is 0.339 e. The van der Waals surface area contributed by atoms with Gasteiger partial charge in [-0.05, 0) is 38.1 Å². The molecule has 120 valence electrons. The Kier molecular flexibility index (Phi) is 5.77. The highest BCUT2D eigenvalue weighted by Crippen LogP contribution is 2.22. The van der Waals surface area contributed by atoms with Crippen LogP contribution in [0.15, 0.2) is 29.7 Å². The van der Waals surface area contributed by atoms with Crippen LogP contribution >= 0.6 is 11.3 Å². The number of hydrogen-bond donors (Lipinski definition) is 0. The molecule has 1 aliphatic heterocycles. The predicted octanol–water partition coefficient (Wildman–Crippen LogP) is 3.02. The zero-order valence-electron chi connectivity index (χ0n) is 13.4. The second-order valence-corrected chi connectivity index (χ2v) is 6.80. The Balaban J connectivity index is 1.90. The third-order valence-corrected chi connectivity index (χ3v) is 4.88. The number of carbonyl (C=O) groups excluding carboxylic acids is 2. The molecule has 2 heterocycles. The normalized spacial score (nSPS) is 15.6. The molecule has 0 aliphatic carbocycles. The van der Waals surface area contributed by atoms with Crippen LogP contribution in [0.2, 0.25) is 0 Å². The molecule has 0 spiro atoms. The molecule has 0 atom stereocenters. The van der Waals surface area contributed by atoms with Crippen molar-refractivity contribution in [3.63, 3.8) is 0 Å². The molecule has 0 saturated carbocycles. The Bertz CT molecular complexity index is 531. The van der Waals surface area contributed by atoms with E-state index < -0.39 is 0 Å². The summed E-state index contributed by atoms with van der Waals surface area (Å²) in [6, 6.07) is 3.75. The predicted molar refractivity (Wildman–Crippen MR) is 90.0 cm³/mol. The summed E-state index contributed by atoms with van der Waals surface area (Å²) in [5.74, 6) is 0.329. The van der Waals surface area contributed by atoms with Crippen molar-refractivity contribution in [2.75, 3.05) is 26.2 Å². The summed E-state index contributed by atoms with van der Waals surface area (Å²) >= 11 is 1.47. The first kappa shape index (κ1) is 16.7. The van der Waals surface area contributed by atoms with E-state index in [9.17, 15) is 9.59 Å². The standard InChI is InChI=1S/C17H24N2O2S/c1-4-18(12-13(2)3)16(20)14-7-9-19(10-8-14)17(21)15-6-5-11-22-15/h5-6,11,14H,2,4,7-10,12H2,1,3H3. The van der Waals surface area contributed by atoms with Gasteiger partial charge in [-0.15, -0.1) is 11.3 Å². The van der Waals surface area contributed by atoms with Crippen LogP contribution in [0.5, 0.6) is 0 Å². The van der Waals surface area contributed by atoms with Crippen molar-refractivity contribution in [3.8, 4) is 0 Å². The lowest BCUT2D eigenvalue weighted by Crippen LogP contribution is -2.44. The molecule has 0 aromatic carbocycles. The summed E-state index contributed by atoms with van der Waals surface area (Å²) in [5.41, 5.74) is 1.00. The maximum Gasteiger partial charge on any atom is 0.263 e. The number of likely N-dealkylation sites (tertiary alicyclic amines) is 1. The van der Waals surface area contributed by atoms with Gasteiger partial charge in [0, 0.05) is 32.1 Å². The second-order valence-electron chi connectivity index (χ2n) is 5.85. The minimum Gasteiger partial charge on any atom is -0.339 e. The number of nitrogens with zero attached hydrogens (tertiary/aromatic N) is 2. The van der Waals surface area contributed by atoms with Gasteiger partial charge in [-0.1, -0.05) is 18.2 Å². The summed E-state index contributed by atoms with van der Waals surface area (Å²) in [6.07, 6.45) is 1.51. The van der Waals surface area contributed by atoms with Crippen molar-refractivity contribution in [2.24, 2.45) is 5.92 Å². The number of thiophene rings is 1. The van der Waals surface area contributed by atoms with Crippen molar-refractivity contribution in [1.82, 2.24) is 9.80 Å². The second kappa shape index (κ2) is 7.58. The van der Waals surface area contributed by atoms with Crippen LogP contribution in [0.1, 0.15) is 36.4 Å². The summed E-state index contributed by atoms with van der Waals surface area (Å²) in [6.45, 7) is 10.5. The summed E-state index contributed by atoms with van der Waals surface area (Å²) < 4.78 is 0. The Labute approximate surface area is 136 Å². The fourth-order valence-corrected chi connectivity index (χ4v) is 3.51. The number of amides is 2. The minimum atomic E-state index is 0.0340. The van der Waals surface area contributed by atoms with Crippen molar-refractivity contribution in [2.45, 2.75) is 26.7 Å². The highest BCUT2D eigenvalue weighted by Gasteiger charge is 2.30. The van der Waals surface area contributed by atoms with Crippen molar-refractivity contribution >= 4 is 23.2 Å². The van der Waals surface area contributed by atoms with Gasteiger partial charge >= 0.3 is 0 Å². The number of rotatable bonds is 5. The molecule has 1 aromatic heterocycles. The molecular formula is C17H24N2O2S. The zero-order chi connectivity index (χ0) is 16.1. The smallest absolute Gasteiger partial charge is 0.263 e. The van der Waals surface area contributed by atoms with E-state index in [1.165, 1.54) is 11.3 Å². The number of carbonyl (C=O) groups is 2. The van der Waals surface area contributed by atoms with Crippen LogP contribution in [0.25, 0.3) is 0 Å². The molecule has 1 saturated heterocycles. The third kappa shape index (κ3) is 3.97. The van der Waals surface area contributed by atoms with Gasteiger partial charge in [0.2, 0.25) is 5.91 Å². The van der Waals surface area contributed by atoms with E-state index in [0.29, 0.717) is 26.2 Å². The Hall–Kier alpha value is -1.62. The number of hydrogen-bond acceptors (Lipinski definition) is 3. The first-order valence-electron chi connectivity index (χ1n) is 7.78. The molecule has 0 N–H and O–H groups in total. The zero-order valence-corrected chi connectivity index (χ0v) is 14.2. The SMILES string of the molecule is C=C(C)CN(CC)C(=O)C1CCN(C(=O)c2cccs2)CC1. The molecule has 0 unspecified atom stereocenters. The quantitative estimate of drug-likeness (QED) is 0.783. The molecule has 0 radical (unpaired) electrons. The Morgan fingerprint density at radius 3 is 2.59 bits per heavy atom. The maximum absolute atomic E-state index is 12.6. The van der Waals surface area contributed by atoms with Crippen LogP contribution in [-0.2, 0) is 4.79 Å². The van der Waals surface area contributed by atoms with Gasteiger partial charge in [-0.2, -0.15) is 0 Å². The van der Waals surface area contributed by atoms with Crippen LogP contribution < -0.4 is 0 Å². The van der Waals surface area contributed by atoms with E-state index in [1.54, 1.807) is 0 Å². The van der Waals surface area contributed by atoms with Gasteiger partial charge in [0.1, 0.15) is 0 Å². The molecular weight excluding hydrogens is 296 g/mol. The lowest BCUT2D eigenvalue weighted by molar-refractivity contribution is -0.136. The summed E-state index contributed by atoms with van der Waals surface area (Å²) in [4.78, 5) is 29.4. The molecule has 2 rings (SSSR count). The van der Waals surface area contributed by atoms with E-state index in [4.69, 9.17) is 0 Å². The van der Waals surface area contributed by atoms with Crippen LogP contribution in [0.4, 0.5) is 0 Å². The van der Waals surface area contributed by atoms with Crippen LogP contribution in [0, 0.1) is 5.92 Å². The minimum absolute atomic E-state index is 0.0340. The van der Waals surface area contributed by atoms with Gasteiger partial charge in [0.25, 0.3) is 5.91 Å². The third-order valence-electron chi connectivity index (χ3n) is 4.02. The first-order valence-corrected chi connectivity index (χ1v) is 8.66. The topological polar surface area (TPSA) is 40.6 Å². The van der Waals surface area contributed by atoms with E-state index in [2.05, 4.69) is 6.58 Å². The lowest BCUT2D eigenvalue weighted by Gasteiger charge is -2.34. The molecule has 5 heteroatoms. The van der Waals surface area contributed by atoms with Gasteiger partial charge in [-0.3, -0.25) is 9.59 Å². The average Bonchev–Trinajstić information content (AvgIpc) is 3.05. The highest BCUT2D eigenvalue weighted by molar-refractivity contribution is 7.12. The van der Waals surface area contributed by atoms with Gasteiger partial charge in [-0.25, -0.2) is 0 Å². The molecule has 4 nitrogen and oxygen atoms in total. The Morgan fingerprint density at radius 2 is 2.09 bits per heavy atom. The van der Waals surface area contributed by atoms with E-state index >= 15 is 0 Å². The molecule has 1 fully saturated rings. The van der Waals surface area contributed by atoms with Crippen molar-refractivity contribution < 1.29 is 9.59 Å². The van der Waals surface area contributed by atoms with Crippen molar-refractivity contribution in [1.29, 1.82) is 0 Å². The lowest BCUT2D eigenvalue weighted by atomic mass is 9.95. The number of piperidine rings is 1. The average molecular weight is 320 g/mol. The highest BCUT2D eigenvalue weighted by atomic mass is 32.1. The Morgan fingerprint density at radius 1 is 1.41 bits per heavy atom. The molecule has 1 aromatic rings. The fraction of sp³-hybridized carbons (Fsp3) is 0.529. The number of likely N-dealkylation sites (N-methyl/N-ethyl adjacent to an activating group) is 1. The summed E-state index contributed by atoms with van der Waals surface area (Å²) in [5, 5.41) is 1.92. The van der Waals surface area contributed by atoms with E-state index in [-0.39, 0.29) is 17.7 Å². The molecule has 0 bridgehead atoms. The van der Waals surface area contributed by atoms with Crippen LogP contribution in [0.3, 0.4) is 0 Å². The van der Waals surface area contributed by atoms with Gasteiger partial charge in [0.15, 0.2) is 0 Å². The van der Waals surface area contributed by atoms with E-state index in [0.717, 1.165) is 23.3 Å². The van der Waals surface area contributed by atoms with Crippen molar-refractivity contribution in [3.05, 3.63) is 34.5 Å². The molecule has 1 aliphatic rings. The fourth-order valence-electron chi connectivity index (χ4n) is 2.82. The van der Waals surface area contributed by atoms with Gasteiger partial charge in [0.05, 0.1) is 4.88 Å².